The van der Waals surface area contributed by atoms with Crippen molar-refractivity contribution in [3.05, 3.63) is 35.9 Å². The second kappa shape index (κ2) is 9.82. The van der Waals surface area contributed by atoms with Crippen molar-refractivity contribution in [2.45, 2.75) is 45.4 Å². The van der Waals surface area contributed by atoms with E-state index < -0.39 is 0 Å². The zero-order chi connectivity index (χ0) is 16.5. The number of hydrogen-bond donors (Lipinski definition) is 0. The van der Waals surface area contributed by atoms with Gasteiger partial charge in [-0.2, -0.15) is 0 Å². The third-order valence-electron chi connectivity index (χ3n) is 4.10. The molecule has 0 spiro atoms. The Hall–Kier alpha value is -1.22. The van der Waals surface area contributed by atoms with E-state index >= 15 is 0 Å². The van der Waals surface area contributed by atoms with Gasteiger partial charge in [-0.25, -0.2) is 0 Å². The van der Waals surface area contributed by atoms with Gasteiger partial charge in [-0.1, -0.05) is 59.3 Å². The van der Waals surface area contributed by atoms with Crippen molar-refractivity contribution in [3.63, 3.8) is 0 Å². The van der Waals surface area contributed by atoms with Gasteiger partial charge in [0.25, 0.3) is 0 Å². The molecule has 0 atom stereocenters. The summed E-state index contributed by atoms with van der Waals surface area (Å²) in [5.41, 5.74) is 1.24. The highest BCUT2D eigenvalue weighted by Gasteiger charge is 2.07. The number of benzene rings is 2. The summed E-state index contributed by atoms with van der Waals surface area (Å²) in [6, 6.07) is 10.4. The molecule has 2 rings (SSSR count). The Labute approximate surface area is 148 Å². The van der Waals surface area contributed by atoms with Crippen LogP contribution in [-0.2, 0) is 0 Å². The molecule has 0 amide bonds. The second-order valence-corrected chi connectivity index (χ2v) is 6.77. The predicted octanol–water partition coefficient (Wildman–Crippen LogP) is 6.27. The van der Waals surface area contributed by atoms with E-state index in [2.05, 4.69) is 41.1 Å². The molecule has 0 N–H and O–H groups in total. The van der Waals surface area contributed by atoms with Crippen molar-refractivity contribution in [3.8, 4) is 11.5 Å². The molecule has 2 aromatic rings. The average Bonchev–Trinajstić information content (AvgIpc) is 2.57. The maximum absolute atomic E-state index is 6.04. The number of alkyl halides is 1. The van der Waals surface area contributed by atoms with Crippen molar-refractivity contribution in [1.29, 1.82) is 0 Å². The minimum Gasteiger partial charge on any atom is -0.496 e. The molecule has 3 heteroatoms. The van der Waals surface area contributed by atoms with Gasteiger partial charge in [0.05, 0.1) is 13.7 Å². The molecule has 0 aromatic heterocycles. The summed E-state index contributed by atoms with van der Waals surface area (Å²) >= 11 is 3.48. The van der Waals surface area contributed by atoms with E-state index in [4.69, 9.17) is 9.47 Å². The second-order valence-electron chi connectivity index (χ2n) is 5.97. The first-order valence-corrected chi connectivity index (χ1v) is 9.64. The van der Waals surface area contributed by atoms with E-state index in [-0.39, 0.29) is 0 Å². The minimum absolute atomic E-state index is 0.786. The van der Waals surface area contributed by atoms with Crippen LogP contribution >= 0.6 is 15.9 Å². The zero-order valence-electron chi connectivity index (χ0n) is 14.2. The lowest BCUT2D eigenvalue weighted by molar-refractivity contribution is 0.307. The lowest BCUT2D eigenvalue weighted by Crippen LogP contribution is -1.98. The average molecular weight is 379 g/mol. The molecule has 2 aromatic carbocycles. The van der Waals surface area contributed by atoms with Crippen molar-refractivity contribution in [1.82, 2.24) is 0 Å². The fraction of sp³-hybridized carbons (Fsp3) is 0.500. The van der Waals surface area contributed by atoms with E-state index in [1.54, 1.807) is 7.11 Å². The van der Waals surface area contributed by atoms with Crippen LogP contribution in [0.5, 0.6) is 11.5 Å². The third-order valence-corrected chi connectivity index (χ3v) is 4.66. The highest BCUT2D eigenvalue weighted by molar-refractivity contribution is 9.09. The van der Waals surface area contributed by atoms with Crippen molar-refractivity contribution < 1.29 is 9.47 Å². The molecule has 23 heavy (non-hydrogen) atoms. The standard InChI is InChI=1S/C20H27BrO2/c1-16-9-10-17-18(15-16)20(12-11-19(17)22-2)23-14-8-6-4-3-5-7-13-21/h9-12,15H,3-8,13-14H2,1-2H3. The van der Waals surface area contributed by atoms with Gasteiger partial charge in [0.1, 0.15) is 11.5 Å². The molecule has 0 saturated heterocycles. The normalized spacial score (nSPS) is 10.9. The highest BCUT2D eigenvalue weighted by Crippen LogP contribution is 2.33. The fourth-order valence-corrected chi connectivity index (χ4v) is 3.19. The Kier molecular flexibility index (Phi) is 7.73. The van der Waals surface area contributed by atoms with Crippen LogP contribution in [0, 0.1) is 6.92 Å². The topological polar surface area (TPSA) is 18.5 Å². The van der Waals surface area contributed by atoms with Gasteiger partial charge in [-0.05, 0) is 38.0 Å². The summed E-state index contributed by atoms with van der Waals surface area (Å²) < 4.78 is 11.5. The maximum atomic E-state index is 6.04. The Morgan fingerprint density at radius 3 is 2.26 bits per heavy atom. The van der Waals surface area contributed by atoms with E-state index in [0.717, 1.165) is 40.6 Å². The molecular formula is C20H27BrO2. The molecular weight excluding hydrogens is 352 g/mol. The third kappa shape index (κ3) is 5.42. The van der Waals surface area contributed by atoms with Crippen LogP contribution in [-0.4, -0.2) is 19.0 Å². The Morgan fingerprint density at radius 1 is 0.826 bits per heavy atom. The Balaban J connectivity index is 1.89. The largest absolute Gasteiger partial charge is 0.496 e. The van der Waals surface area contributed by atoms with Crippen LogP contribution in [0.25, 0.3) is 10.8 Å². The Bertz CT molecular complexity index is 610. The molecule has 0 saturated carbocycles. The quantitative estimate of drug-likeness (QED) is 0.358. The Morgan fingerprint density at radius 2 is 1.52 bits per heavy atom. The lowest BCUT2D eigenvalue weighted by Gasteiger charge is -2.12. The van der Waals surface area contributed by atoms with Gasteiger partial charge in [0.15, 0.2) is 0 Å². The van der Waals surface area contributed by atoms with Crippen LogP contribution in [0.15, 0.2) is 30.3 Å². The van der Waals surface area contributed by atoms with Gasteiger partial charge in [0, 0.05) is 16.1 Å². The van der Waals surface area contributed by atoms with E-state index in [0.29, 0.717) is 0 Å². The van der Waals surface area contributed by atoms with Crippen LogP contribution in [0.4, 0.5) is 0 Å². The SMILES string of the molecule is COc1ccc(OCCCCCCCCBr)c2cc(C)ccc12. The fourth-order valence-electron chi connectivity index (χ4n) is 2.80. The summed E-state index contributed by atoms with van der Waals surface area (Å²) in [4.78, 5) is 0. The molecule has 0 radical (unpaired) electrons. The summed E-state index contributed by atoms with van der Waals surface area (Å²) in [6.07, 6.45) is 7.61. The van der Waals surface area contributed by atoms with Gasteiger partial charge in [-0.15, -0.1) is 0 Å². The van der Waals surface area contributed by atoms with Crippen LogP contribution in [0.1, 0.15) is 44.1 Å². The number of halogens is 1. The molecule has 0 aliphatic carbocycles. The summed E-state index contributed by atoms with van der Waals surface area (Å²) in [5.74, 6) is 1.86. The number of methoxy groups -OCH3 is 1. The lowest BCUT2D eigenvalue weighted by atomic mass is 10.1. The predicted molar refractivity (Wildman–Crippen MR) is 102 cm³/mol. The number of aryl methyl sites for hydroxylation is 1. The first-order chi connectivity index (χ1) is 11.3. The van der Waals surface area contributed by atoms with Crippen molar-refractivity contribution in [2.24, 2.45) is 0 Å². The van der Waals surface area contributed by atoms with Gasteiger partial charge in [0.2, 0.25) is 0 Å². The summed E-state index contributed by atoms with van der Waals surface area (Å²) in [5, 5.41) is 3.38. The molecule has 0 aliphatic heterocycles. The molecule has 0 bridgehead atoms. The molecule has 0 unspecified atom stereocenters. The van der Waals surface area contributed by atoms with E-state index in [9.17, 15) is 0 Å². The monoisotopic (exact) mass is 378 g/mol. The van der Waals surface area contributed by atoms with Crippen molar-refractivity contribution >= 4 is 26.7 Å². The van der Waals surface area contributed by atoms with Crippen molar-refractivity contribution in [2.75, 3.05) is 19.0 Å². The van der Waals surface area contributed by atoms with Crippen LogP contribution in [0.2, 0.25) is 0 Å². The maximum Gasteiger partial charge on any atom is 0.127 e. The minimum atomic E-state index is 0.786. The van der Waals surface area contributed by atoms with Crippen LogP contribution in [0.3, 0.4) is 0 Å². The smallest absolute Gasteiger partial charge is 0.127 e. The molecule has 0 aliphatic rings. The number of ether oxygens (including phenoxy) is 2. The molecule has 126 valence electrons. The summed E-state index contributed by atoms with van der Waals surface area (Å²) in [7, 11) is 1.71. The van der Waals surface area contributed by atoms with E-state index in [1.165, 1.54) is 37.7 Å². The van der Waals surface area contributed by atoms with Gasteiger partial charge in [-0.3, -0.25) is 0 Å². The highest BCUT2D eigenvalue weighted by atomic mass is 79.9. The number of hydrogen-bond acceptors (Lipinski definition) is 2. The van der Waals surface area contributed by atoms with Gasteiger partial charge < -0.3 is 9.47 Å². The van der Waals surface area contributed by atoms with Gasteiger partial charge >= 0.3 is 0 Å². The molecule has 2 nitrogen and oxygen atoms in total. The van der Waals surface area contributed by atoms with E-state index in [1.807, 2.05) is 12.1 Å². The van der Waals surface area contributed by atoms with Crippen LogP contribution < -0.4 is 9.47 Å². The zero-order valence-corrected chi connectivity index (χ0v) is 15.8. The molecule has 0 heterocycles. The number of rotatable bonds is 10. The number of fused-ring (bicyclic) bond motifs is 1. The summed E-state index contributed by atoms with van der Waals surface area (Å²) in [6.45, 7) is 2.89. The number of unbranched alkanes of at least 4 members (excludes halogenated alkanes) is 5. The molecule has 0 fully saturated rings. The first-order valence-electron chi connectivity index (χ1n) is 8.52. The first kappa shape index (κ1) is 18.1.